The number of sulfonamides is 1. The van der Waals surface area contributed by atoms with Crippen molar-refractivity contribution in [1.82, 2.24) is 9.71 Å². The number of fused-ring (bicyclic) bond motifs is 1. The molecule has 0 aliphatic rings. The molecule has 0 amide bonds. The van der Waals surface area contributed by atoms with Crippen molar-refractivity contribution in [3.63, 3.8) is 0 Å². The van der Waals surface area contributed by atoms with Gasteiger partial charge in [0.1, 0.15) is 4.90 Å². The zero-order chi connectivity index (χ0) is 20.3. The molecule has 28 heavy (non-hydrogen) atoms. The second-order valence-corrected chi connectivity index (χ2v) is 8.41. The lowest BCUT2D eigenvalue weighted by Gasteiger charge is -2.20. The van der Waals surface area contributed by atoms with Gasteiger partial charge in [0.25, 0.3) is 0 Å². The number of benzene rings is 2. The van der Waals surface area contributed by atoms with Gasteiger partial charge in [0.2, 0.25) is 10.0 Å². The first-order chi connectivity index (χ1) is 13.3. The summed E-state index contributed by atoms with van der Waals surface area (Å²) in [6.45, 7) is 1.88. The first kappa shape index (κ1) is 20.3. The van der Waals surface area contributed by atoms with Gasteiger partial charge in [-0.3, -0.25) is 9.78 Å². The maximum Gasteiger partial charge on any atom is 0.307 e. The molecule has 0 fully saturated rings. The van der Waals surface area contributed by atoms with Crippen LogP contribution in [0, 0.1) is 6.92 Å². The van der Waals surface area contributed by atoms with Crippen molar-refractivity contribution in [2.45, 2.75) is 24.3 Å². The summed E-state index contributed by atoms with van der Waals surface area (Å²) in [6, 6.07) is 12.7. The molecular weight excluding hydrogens is 400 g/mol. The number of nitrogens with zero attached hydrogens (tertiary/aromatic N) is 1. The van der Waals surface area contributed by atoms with Crippen LogP contribution in [0.5, 0.6) is 0 Å². The van der Waals surface area contributed by atoms with Crippen LogP contribution in [-0.4, -0.2) is 26.5 Å². The SMILES string of the molecule is COC(=O)C[C@@H](NS(=O)(=O)c1cccc2cc(C)cnc12)c1ccccc1Cl. The topological polar surface area (TPSA) is 85.4 Å². The van der Waals surface area contributed by atoms with Gasteiger partial charge in [-0.05, 0) is 36.2 Å². The number of esters is 1. The molecule has 1 atom stereocenters. The maximum absolute atomic E-state index is 13.1. The minimum absolute atomic E-state index is 0.0342. The van der Waals surface area contributed by atoms with Gasteiger partial charge < -0.3 is 4.74 Å². The first-order valence-electron chi connectivity index (χ1n) is 8.51. The van der Waals surface area contributed by atoms with Crippen LogP contribution in [0.1, 0.15) is 23.6 Å². The number of pyridine rings is 1. The van der Waals surface area contributed by atoms with E-state index in [9.17, 15) is 13.2 Å². The molecule has 0 saturated carbocycles. The number of aryl methyl sites for hydroxylation is 1. The fourth-order valence-corrected chi connectivity index (χ4v) is 4.60. The molecule has 0 radical (unpaired) electrons. The molecule has 0 saturated heterocycles. The average molecular weight is 419 g/mol. The fourth-order valence-electron chi connectivity index (χ4n) is 2.93. The Labute approximate surface area is 168 Å². The lowest BCUT2D eigenvalue weighted by atomic mass is 10.1. The summed E-state index contributed by atoms with van der Waals surface area (Å²) in [5.74, 6) is -0.556. The molecule has 0 aliphatic carbocycles. The summed E-state index contributed by atoms with van der Waals surface area (Å²) in [5, 5.41) is 1.07. The van der Waals surface area contributed by atoms with E-state index in [1.807, 2.05) is 13.0 Å². The zero-order valence-electron chi connectivity index (χ0n) is 15.3. The first-order valence-corrected chi connectivity index (χ1v) is 10.4. The Hall–Kier alpha value is -2.48. The molecule has 1 aromatic heterocycles. The zero-order valence-corrected chi connectivity index (χ0v) is 16.9. The Morgan fingerprint density at radius 3 is 2.68 bits per heavy atom. The smallest absolute Gasteiger partial charge is 0.307 e. The number of hydrogen-bond acceptors (Lipinski definition) is 5. The summed E-state index contributed by atoms with van der Waals surface area (Å²) >= 11 is 6.23. The molecule has 0 unspecified atom stereocenters. The van der Waals surface area contributed by atoms with Crippen LogP contribution in [0.25, 0.3) is 10.9 Å². The summed E-state index contributed by atoms with van der Waals surface area (Å²) in [7, 11) is -2.75. The summed E-state index contributed by atoms with van der Waals surface area (Å²) in [4.78, 5) is 16.2. The van der Waals surface area contributed by atoms with E-state index in [1.54, 1.807) is 42.6 Å². The summed E-state index contributed by atoms with van der Waals surface area (Å²) in [5.41, 5.74) is 1.77. The Kier molecular flexibility index (Phi) is 5.98. The predicted octanol–water partition coefficient (Wildman–Crippen LogP) is 3.78. The van der Waals surface area contributed by atoms with Gasteiger partial charge in [0.05, 0.1) is 25.1 Å². The van der Waals surface area contributed by atoms with Crippen LogP contribution in [0.4, 0.5) is 0 Å². The van der Waals surface area contributed by atoms with Crippen molar-refractivity contribution in [1.29, 1.82) is 0 Å². The Morgan fingerprint density at radius 1 is 1.21 bits per heavy atom. The van der Waals surface area contributed by atoms with Crippen LogP contribution < -0.4 is 4.72 Å². The van der Waals surface area contributed by atoms with Crippen LogP contribution in [-0.2, 0) is 19.6 Å². The van der Waals surface area contributed by atoms with Gasteiger partial charge in [0.15, 0.2) is 0 Å². The predicted molar refractivity (Wildman–Crippen MR) is 108 cm³/mol. The number of ether oxygens (including phenoxy) is 1. The van der Waals surface area contributed by atoms with E-state index in [1.165, 1.54) is 13.2 Å². The van der Waals surface area contributed by atoms with Gasteiger partial charge in [-0.2, -0.15) is 0 Å². The van der Waals surface area contributed by atoms with Crippen LogP contribution in [0.3, 0.4) is 0 Å². The van der Waals surface area contributed by atoms with E-state index >= 15 is 0 Å². The third kappa shape index (κ3) is 4.32. The van der Waals surface area contributed by atoms with Crippen molar-refractivity contribution < 1.29 is 17.9 Å². The van der Waals surface area contributed by atoms with Gasteiger partial charge in [-0.1, -0.05) is 41.9 Å². The van der Waals surface area contributed by atoms with Crippen molar-refractivity contribution in [3.8, 4) is 0 Å². The minimum atomic E-state index is -4.00. The molecule has 2 aromatic carbocycles. The molecule has 6 nitrogen and oxygen atoms in total. The maximum atomic E-state index is 13.1. The highest BCUT2D eigenvalue weighted by Gasteiger charge is 2.27. The highest BCUT2D eigenvalue weighted by Crippen LogP contribution is 2.29. The third-order valence-electron chi connectivity index (χ3n) is 4.28. The number of para-hydroxylation sites is 1. The van der Waals surface area contributed by atoms with Gasteiger partial charge in [-0.15, -0.1) is 0 Å². The van der Waals surface area contributed by atoms with Crippen molar-refractivity contribution in [2.24, 2.45) is 0 Å². The molecule has 0 aliphatic heterocycles. The second-order valence-electron chi connectivity index (χ2n) is 6.32. The molecule has 0 bridgehead atoms. The van der Waals surface area contributed by atoms with Crippen LogP contribution in [0.15, 0.2) is 59.6 Å². The number of carbonyl (C=O) groups is 1. The van der Waals surface area contributed by atoms with E-state index in [0.717, 1.165) is 5.56 Å². The molecular formula is C20H19ClN2O4S. The number of nitrogens with one attached hydrogen (secondary N) is 1. The average Bonchev–Trinajstić information content (AvgIpc) is 2.66. The van der Waals surface area contributed by atoms with E-state index in [0.29, 0.717) is 21.5 Å². The quantitative estimate of drug-likeness (QED) is 0.616. The fraction of sp³-hybridized carbons (Fsp3) is 0.200. The van der Waals surface area contributed by atoms with Gasteiger partial charge in [-0.25, -0.2) is 13.1 Å². The Balaban J connectivity index is 2.05. The molecule has 1 N–H and O–H groups in total. The van der Waals surface area contributed by atoms with Crippen LogP contribution in [0.2, 0.25) is 5.02 Å². The lowest BCUT2D eigenvalue weighted by molar-refractivity contribution is -0.141. The van der Waals surface area contributed by atoms with E-state index in [-0.39, 0.29) is 11.3 Å². The van der Waals surface area contributed by atoms with Gasteiger partial charge in [0, 0.05) is 16.6 Å². The summed E-state index contributed by atoms with van der Waals surface area (Å²) < 4.78 is 33.6. The van der Waals surface area contributed by atoms with E-state index < -0.39 is 22.0 Å². The lowest BCUT2D eigenvalue weighted by Crippen LogP contribution is -2.31. The molecule has 8 heteroatoms. The number of aromatic nitrogens is 1. The third-order valence-corrected chi connectivity index (χ3v) is 6.12. The Bertz CT molecular complexity index is 1130. The van der Waals surface area contributed by atoms with Gasteiger partial charge >= 0.3 is 5.97 Å². The van der Waals surface area contributed by atoms with E-state index in [4.69, 9.17) is 16.3 Å². The van der Waals surface area contributed by atoms with Crippen LogP contribution >= 0.6 is 11.6 Å². The number of hydrogen-bond donors (Lipinski definition) is 1. The number of carbonyl (C=O) groups excluding carboxylic acids is 1. The number of rotatable bonds is 6. The second kappa shape index (κ2) is 8.26. The van der Waals surface area contributed by atoms with Crippen molar-refractivity contribution >= 4 is 38.5 Å². The monoisotopic (exact) mass is 418 g/mol. The highest BCUT2D eigenvalue weighted by molar-refractivity contribution is 7.89. The largest absolute Gasteiger partial charge is 0.469 e. The highest BCUT2D eigenvalue weighted by atomic mass is 35.5. The molecule has 146 valence electrons. The van der Waals surface area contributed by atoms with Crippen molar-refractivity contribution in [3.05, 3.63) is 70.9 Å². The molecule has 0 spiro atoms. The summed E-state index contributed by atoms with van der Waals surface area (Å²) in [6.07, 6.45) is 1.41. The molecule has 3 rings (SSSR count). The minimum Gasteiger partial charge on any atom is -0.469 e. The number of halogens is 1. The van der Waals surface area contributed by atoms with E-state index in [2.05, 4.69) is 9.71 Å². The number of methoxy groups -OCH3 is 1. The Morgan fingerprint density at radius 2 is 1.96 bits per heavy atom. The molecule has 3 aromatic rings. The normalized spacial score (nSPS) is 12.7. The van der Waals surface area contributed by atoms with Crippen molar-refractivity contribution in [2.75, 3.05) is 7.11 Å². The standard InChI is InChI=1S/C20H19ClN2O4S/c1-13-10-14-6-5-9-18(20(14)22-12-13)28(25,26)23-17(11-19(24)27-2)15-7-3-4-8-16(15)21/h3-10,12,17,23H,11H2,1-2H3/t17-/m1/s1. The molecule has 1 heterocycles.